The van der Waals surface area contributed by atoms with Crippen LogP contribution in [-0.4, -0.2) is 21.6 Å². The number of hydrogen-bond donors (Lipinski definition) is 2. The van der Waals surface area contributed by atoms with Gasteiger partial charge in [-0.05, 0) is 24.3 Å². The van der Waals surface area contributed by atoms with Gasteiger partial charge in [-0.3, -0.25) is 14.4 Å². The SMILES string of the molecule is CC(C)C(=O)Nc1cc(-c2ccccc2)nn(CC(=O)Nc2cccc(Cl)c2)c1=O. The topological polar surface area (TPSA) is 93.1 Å². The normalized spacial score (nSPS) is 10.7. The number of nitrogens with zero attached hydrogens (tertiary/aromatic N) is 2. The fraction of sp³-hybridized carbons (Fsp3) is 0.182. The lowest BCUT2D eigenvalue weighted by molar-refractivity contribution is -0.119. The van der Waals surface area contributed by atoms with E-state index in [0.717, 1.165) is 10.2 Å². The van der Waals surface area contributed by atoms with Gasteiger partial charge in [0.2, 0.25) is 11.8 Å². The van der Waals surface area contributed by atoms with E-state index in [9.17, 15) is 14.4 Å². The highest BCUT2D eigenvalue weighted by Gasteiger charge is 2.16. The highest BCUT2D eigenvalue weighted by molar-refractivity contribution is 6.30. The summed E-state index contributed by atoms with van der Waals surface area (Å²) in [6, 6.07) is 17.4. The average molecular weight is 425 g/mol. The molecule has 30 heavy (non-hydrogen) atoms. The van der Waals surface area contributed by atoms with Crippen molar-refractivity contribution in [2.45, 2.75) is 20.4 Å². The molecule has 0 unspecified atom stereocenters. The van der Waals surface area contributed by atoms with Gasteiger partial charge in [-0.15, -0.1) is 0 Å². The molecule has 154 valence electrons. The van der Waals surface area contributed by atoms with Crippen LogP contribution in [0.4, 0.5) is 11.4 Å². The van der Waals surface area contributed by atoms with E-state index < -0.39 is 11.5 Å². The number of hydrogen-bond acceptors (Lipinski definition) is 4. The van der Waals surface area contributed by atoms with Crippen LogP contribution >= 0.6 is 11.6 Å². The summed E-state index contributed by atoms with van der Waals surface area (Å²) < 4.78 is 1.04. The van der Waals surface area contributed by atoms with Crippen molar-refractivity contribution in [3.05, 3.63) is 76.0 Å². The summed E-state index contributed by atoms with van der Waals surface area (Å²) in [7, 11) is 0. The lowest BCUT2D eigenvalue weighted by atomic mass is 10.1. The third-order valence-corrected chi connectivity index (χ3v) is 4.46. The molecule has 0 aliphatic rings. The molecular weight excluding hydrogens is 404 g/mol. The number of benzene rings is 2. The molecule has 0 aliphatic carbocycles. The molecule has 8 heteroatoms. The second-order valence-corrected chi connectivity index (χ2v) is 7.41. The minimum absolute atomic E-state index is 0.0677. The van der Waals surface area contributed by atoms with Gasteiger partial charge in [0.15, 0.2) is 0 Å². The quantitative estimate of drug-likeness (QED) is 0.629. The van der Waals surface area contributed by atoms with Crippen LogP contribution in [0.1, 0.15) is 13.8 Å². The van der Waals surface area contributed by atoms with Crippen LogP contribution in [0.2, 0.25) is 5.02 Å². The van der Waals surface area contributed by atoms with Crippen LogP contribution in [0.3, 0.4) is 0 Å². The minimum Gasteiger partial charge on any atom is -0.324 e. The highest BCUT2D eigenvalue weighted by Crippen LogP contribution is 2.18. The van der Waals surface area contributed by atoms with Crippen molar-refractivity contribution in [1.82, 2.24) is 9.78 Å². The number of carbonyl (C=O) groups is 2. The molecule has 0 radical (unpaired) electrons. The van der Waals surface area contributed by atoms with Gasteiger partial charge in [0, 0.05) is 22.2 Å². The van der Waals surface area contributed by atoms with E-state index in [2.05, 4.69) is 15.7 Å². The zero-order valence-corrected chi connectivity index (χ0v) is 17.3. The van der Waals surface area contributed by atoms with Crippen LogP contribution < -0.4 is 16.2 Å². The molecule has 0 saturated carbocycles. The number of amides is 2. The van der Waals surface area contributed by atoms with E-state index in [4.69, 9.17) is 11.6 Å². The fourth-order valence-electron chi connectivity index (χ4n) is 2.67. The molecule has 0 spiro atoms. The Morgan fingerprint density at radius 3 is 2.43 bits per heavy atom. The molecule has 0 atom stereocenters. The number of halogens is 1. The first-order chi connectivity index (χ1) is 14.3. The highest BCUT2D eigenvalue weighted by atomic mass is 35.5. The van der Waals surface area contributed by atoms with Crippen LogP contribution in [0.25, 0.3) is 11.3 Å². The summed E-state index contributed by atoms with van der Waals surface area (Å²) in [5.41, 5.74) is 1.22. The summed E-state index contributed by atoms with van der Waals surface area (Å²) in [6.07, 6.45) is 0. The van der Waals surface area contributed by atoms with Crippen molar-refractivity contribution in [3.63, 3.8) is 0 Å². The van der Waals surface area contributed by atoms with Crippen LogP contribution in [0, 0.1) is 5.92 Å². The maximum absolute atomic E-state index is 12.8. The Morgan fingerprint density at radius 1 is 1.03 bits per heavy atom. The predicted molar refractivity (Wildman–Crippen MR) is 117 cm³/mol. The van der Waals surface area contributed by atoms with E-state index >= 15 is 0 Å². The van der Waals surface area contributed by atoms with Crippen molar-refractivity contribution in [1.29, 1.82) is 0 Å². The summed E-state index contributed by atoms with van der Waals surface area (Å²) in [4.78, 5) is 37.5. The molecule has 7 nitrogen and oxygen atoms in total. The van der Waals surface area contributed by atoms with Gasteiger partial charge in [-0.25, -0.2) is 4.68 Å². The molecule has 2 amide bonds. The number of nitrogens with one attached hydrogen (secondary N) is 2. The molecule has 0 saturated heterocycles. The zero-order valence-electron chi connectivity index (χ0n) is 16.6. The third-order valence-electron chi connectivity index (χ3n) is 4.23. The van der Waals surface area contributed by atoms with Gasteiger partial charge in [0.05, 0.1) is 5.69 Å². The van der Waals surface area contributed by atoms with Gasteiger partial charge in [-0.2, -0.15) is 5.10 Å². The Labute approximate surface area is 178 Å². The molecule has 3 aromatic rings. The minimum atomic E-state index is -0.565. The molecular formula is C22H21ClN4O3. The lowest BCUT2D eigenvalue weighted by Gasteiger charge is -2.13. The lowest BCUT2D eigenvalue weighted by Crippen LogP contribution is -2.33. The number of carbonyl (C=O) groups excluding carboxylic acids is 2. The monoisotopic (exact) mass is 424 g/mol. The Kier molecular flexibility index (Phi) is 6.64. The fourth-order valence-corrected chi connectivity index (χ4v) is 2.86. The first-order valence-electron chi connectivity index (χ1n) is 9.37. The van der Waals surface area contributed by atoms with Gasteiger partial charge in [0.1, 0.15) is 12.2 Å². The number of anilines is 2. The molecule has 0 bridgehead atoms. The second-order valence-electron chi connectivity index (χ2n) is 6.97. The van der Waals surface area contributed by atoms with E-state index in [0.29, 0.717) is 16.4 Å². The molecule has 0 aliphatic heterocycles. The Balaban J connectivity index is 1.94. The van der Waals surface area contributed by atoms with E-state index in [1.807, 2.05) is 30.3 Å². The molecule has 1 aromatic heterocycles. The zero-order chi connectivity index (χ0) is 21.7. The summed E-state index contributed by atoms with van der Waals surface area (Å²) >= 11 is 5.94. The van der Waals surface area contributed by atoms with E-state index in [1.165, 1.54) is 6.07 Å². The Bertz CT molecular complexity index is 1130. The van der Waals surface area contributed by atoms with Crippen LogP contribution in [0.5, 0.6) is 0 Å². The van der Waals surface area contributed by atoms with Crippen LogP contribution in [-0.2, 0) is 16.1 Å². The number of aromatic nitrogens is 2. The maximum atomic E-state index is 12.8. The number of rotatable bonds is 6. The smallest absolute Gasteiger partial charge is 0.291 e. The van der Waals surface area contributed by atoms with Gasteiger partial charge in [-0.1, -0.05) is 61.8 Å². The standard InChI is InChI=1S/C22H21ClN4O3/c1-14(2)21(29)25-19-12-18(15-7-4-3-5-8-15)26-27(22(19)30)13-20(28)24-17-10-6-9-16(23)11-17/h3-12,14H,13H2,1-2H3,(H,24,28)(H,25,29). The van der Waals surface area contributed by atoms with Gasteiger partial charge >= 0.3 is 0 Å². The third kappa shape index (κ3) is 5.33. The Morgan fingerprint density at radius 2 is 1.77 bits per heavy atom. The van der Waals surface area contributed by atoms with Crippen molar-refractivity contribution in [2.75, 3.05) is 10.6 Å². The van der Waals surface area contributed by atoms with Crippen molar-refractivity contribution in [3.8, 4) is 11.3 Å². The Hall–Kier alpha value is -3.45. The maximum Gasteiger partial charge on any atom is 0.291 e. The molecule has 2 aromatic carbocycles. The molecule has 0 fully saturated rings. The summed E-state index contributed by atoms with van der Waals surface area (Å²) in [5, 5.41) is 10.1. The molecule has 1 heterocycles. The van der Waals surface area contributed by atoms with Crippen molar-refractivity contribution >= 4 is 34.8 Å². The predicted octanol–water partition coefficient (Wildman–Crippen LogP) is 3.80. The van der Waals surface area contributed by atoms with Gasteiger partial charge in [0.25, 0.3) is 5.56 Å². The van der Waals surface area contributed by atoms with E-state index in [1.54, 1.807) is 38.1 Å². The average Bonchev–Trinajstić information content (AvgIpc) is 2.71. The van der Waals surface area contributed by atoms with Gasteiger partial charge < -0.3 is 10.6 Å². The first-order valence-corrected chi connectivity index (χ1v) is 9.75. The van der Waals surface area contributed by atoms with E-state index in [-0.39, 0.29) is 24.1 Å². The van der Waals surface area contributed by atoms with Crippen molar-refractivity contribution in [2.24, 2.45) is 5.92 Å². The molecule has 2 N–H and O–H groups in total. The largest absolute Gasteiger partial charge is 0.324 e. The second kappa shape index (κ2) is 9.37. The summed E-state index contributed by atoms with van der Waals surface area (Å²) in [6.45, 7) is 3.13. The molecule has 3 rings (SSSR count). The van der Waals surface area contributed by atoms with Crippen molar-refractivity contribution < 1.29 is 9.59 Å². The summed E-state index contributed by atoms with van der Waals surface area (Å²) in [5.74, 6) is -1.05. The van der Waals surface area contributed by atoms with Crippen LogP contribution in [0.15, 0.2) is 65.5 Å². The first kappa shape index (κ1) is 21.3.